The van der Waals surface area contributed by atoms with Crippen LogP contribution in [0.2, 0.25) is 0 Å². The lowest BCUT2D eigenvalue weighted by molar-refractivity contribution is -0.128. The maximum Gasteiger partial charge on any atom is 0.261 e. The molecule has 5 heteroatoms. The zero-order valence-electron chi connectivity index (χ0n) is 18.0. The first-order valence-electron chi connectivity index (χ1n) is 10.3. The standard InChI is InChI=1S/C25H29NO4/c1-5-21(19-12-14-23(28-3)24(16-19)29-4)26-25(27)22(6-2)30-20-13-11-17-9-7-8-10-18(17)15-20/h7-16,21-22H,5-6H2,1-4H3,(H,26,27)/t21-,22+/m1/s1. The second kappa shape index (κ2) is 10.0. The Morgan fingerprint density at radius 1 is 0.867 bits per heavy atom. The molecule has 0 radical (unpaired) electrons. The third-order valence-electron chi connectivity index (χ3n) is 5.20. The number of hydrogen-bond donors (Lipinski definition) is 1. The first-order chi connectivity index (χ1) is 14.6. The molecule has 0 aliphatic heterocycles. The fourth-order valence-corrected chi connectivity index (χ4v) is 3.48. The van der Waals surface area contributed by atoms with Gasteiger partial charge in [0, 0.05) is 0 Å². The monoisotopic (exact) mass is 407 g/mol. The summed E-state index contributed by atoms with van der Waals surface area (Å²) in [5, 5.41) is 5.35. The number of nitrogens with one attached hydrogen (secondary N) is 1. The van der Waals surface area contributed by atoms with Gasteiger partial charge in [-0.25, -0.2) is 0 Å². The Bertz CT molecular complexity index is 1000. The van der Waals surface area contributed by atoms with E-state index >= 15 is 0 Å². The van der Waals surface area contributed by atoms with Crippen molar-refractivity contribution in [3.05, 3.63) is 66.2 Å². The maximum absolute atomic E-state index is 13.0. The van der Waals surface area contributed by atoms with Gasteiger partial charge in [0.25, 0.3) is 5.91 Å². The van der Waals surface area contributed by atoms with E-state index in [-0.39, 0.29) is 11.9 Å². The van der Waals surface area contributed by atoms with E-state index < -0.39 is 6.10 Å². The fourth-order valence-electron chi connectivity index (χ4n) is 3.48. The van der Waals surface area contributed by atoms with E-state index in [1.807, 2.05) is 68.4 Å². The van der Waals surface area contributed by atoms with Crippen molar-refractivity contribution in [3.8, 4) is 17.2 Å². The normalized spacial score (nSPS) is 12.8. The van der Waals surface area contributed by atoms with Gasteiger partial charge in [-0.2, -0.15) is 0 Å². The SMILES string of the molecule is CC[C@H](Oc1ccc2ccccc2c1)C(=O)N[C@H](CC)c1ccc(OC)c(OC)c1. The minimum Gasteiger partial charge on any atom is -0.493 e. The molecule has 0 aromatic heterocycles. The van der Waals surface area contributed by atoms with Gasteiger partial charge in [0.05, 0.1) is 20.3 Å². The van der Waals surface area contributed by atoms with Crippen LogP contribution in [0.15, 0.2) is 60.7 Å². The lowest BCUT2D eigenvalue weighted by Gasteiger charge is -2.23. The molecular formula is C25H29NO4. The van der Waals surface area contributed by atoms with Gasteiger partial charge in [-0.05, 0) is 53.4 Å². The number of rotatable bonds is 9. The molecule has 0 aliphatic rings. The molecule has 0 spiro atoms. The van der Waals surface area contributed by atoms with Crippen molar-refractivity contribution >= 4 is 16.7 Å². The van der Waals surface area contributed by atoms with Crippen molar-refractivity contribution in [1.29, 1.82) is 0 Å². The molecule has 0 unspecified atom stereocenters. The highest BCUT2D eigenvalue weighted by molar-refractivity contribution is 5.84. The molecule has 0 bridgehead atoms. The smallest absolute Gasteiger partial charge is 0.261 e. The van der Waals surface area contributed by atoms with Crippen molar-refractivity contribution < 1.29 is 19.0 Å². The molecule has 3 aromatic carbocycles. The van der Waals surface area contributed by atoms with Crippen molar-refractivity contribution in [3.63, 3.8) is 0 Å². The largest absolute Gasteiger partial charge is 0.493 e. The van der Waals surface area contributed by atoms with Gasteiger partial charge in [-0.3, -0.25) is 4.79 Å². The Labute approximate surface area is 178 Å². The highest BCUT2D eigenvalue weighted by Gasteiger charge is 2.22. The third kappa shape index (κ3) is 4.85. The number of carbonyl (C=O) groups excluding carboxylic acids is 1. The number of hydrogen-bond acceptors (Lipinski definition) is 4. The molecule has 3 aromatic rings. The van der Waals surface area contributed by atoms with Gasteiger partial charge >= 0.3 is 0 Å². The molecular weight excluding hydrogens is 378 g/mol. The zero-order chi connectivity index (χ0) is 21.5. The highest BCUT2D eigenvalue weighted by Crippen LogP contribution is 2.31. The summed E-state index contributed by atoms with van der Waals surface area (Å²) in [7, 11) is 3.21. The molecule has 0 saturated carbocycles. The van der Waals surface area contributed by atoms with Crippen LogP contribution in [-0.4, -0.2) is 26.2 Å². The summed E-state index contributed by atoms with van der Waals surface area (Å²) < 4.78 is 16.7. The summed E-state index contributed by atoms with van der Waals surface area (Å²) in [6, 6.07) is 19.5. The molecule has 0 aliphatic carbocycles. The number of amides is 1. The molecule has 1 amide bonds. The van der Waals surface area contributed by atoms with Gasteiger partial charge in [0.2, 0.25) is 0 Å². The van der Waals surface area contributed by atoms with Crippen LogP contribution in [0.3, 0.4) is 0 Å². The summed E-state index contributed by atoms with van der Waals surface area (Å²) in [6.07, 6.45) is 0.745. The fraction of sp³-hybridized carbons (Fsp3) is 0.320. The molecule has 1 N–H and O–H groups in total. The Balaban J connectivity index is 1.74. The summed E-state index contributed by atoms with van der Waals surface area (Å²) in [6.45, 7) is 3.98. The van der Waals surface area contributed by atoms with Crippen molar-refractivity contribution in [2.24, 2.45) is 0 Å². The summed E-state index contributed by atoms with van der Waals surface area (Å²) >= 11 is 0. The predicted octanol–water partition coefficient (Wildman–Crippen LogP) is 5.28. The first kappa shape index (κ1) is 21.5. The van der Waals surface area contributed by atoms with E-state index in [4.69, 9.17) is 14.2 Å². The van der Waals surface area contributed by atoms with Crippen LogP contribution in [0.4, 0.5) is 0 Å². The molecule has 158 valence electrons. The molecule has 5 nitrogen and oxygen atoms in total. The quantitative estimate of drug-likeness (QED) is 0.524. The Morgan fingerprint density at radius 2 is 1.60 bits per heavy atom. The average molecular weight is 408 g/mol. The Kier molecular flexibility index (Phi) is 7.17. The van der Waals surface area contributed by atoms with Crippen LogP contribution in [0, 0.1) is 0 Å². The van der Waals surface area contributed by atoms with Gasteiger partial charge in [-0.15, -0.1) is 0 Å². The number of ether oxygens (including phenoxy) is 3. The number of methoxy groups -OCH3 is 2. The van der Waals surface area contributed by atoms with Gasteiger partial charge in [0.15, 0.2) is 17.6 Å². The third-order valence-corrected chi connectivity index (χ3v) is 5.20. The van der Waals surface area contributed by atoms with E-state index in [0.29, 0.717) is 23.7 Å². The van der Waals surface area contributed by atoms with Crippen molar-refractivity contribution in [2.45, 2.75) is 38.8 Å². The van der Waals surface area contributed by atoms with E-state index in [1.165, 1.54) is 0 Å². The van der Waals surface area contributed by atoms with Gasteiger partial charge in [-0.1, -0.05) is 50.2 Å². The molecule has 0 heterocycles. The van der Waals surface area contributed by atoms with E-state index in [9.17, 15) is 4.79 Å². The van der Waals surface area contributed by atoms with Crippen LogP contribution in [0.25, 0.3) is 10.8 Å². The Hall–Kier alpha value is -3.21. The average Bonchev–Trinajstić information content (AvgIpc) is 2.80. The van der Waals surface area contributed by atoms with E-state index in [1.54, 1.807) is 14.2 Å². The van der Waals surface area contributed by atoms with E-state index in [2.05, 4.69) is 11.4 Å². The summed E-state index contributed by atoms with van der Waals surface area (Å²) in [4.78, 5) is 13.0. The number of fused-ring (bicyclic) bond motifs is 1. The van der Waals surface area contributed by atoms with Gasteiger partial charge in [0.1, 0.15) is 5.75 Å². The van der Waals surface area contributed by atoms with Crippen LogP contribution >= 0.6 is 0 Å². The van der Waals surface area contributed by atoms with Crippen LogP contribution in [-0.2, 0) is 4.79 Å². The number of carbonyl (C=O) groups is 1. The second-order valence-electron chi connectivity index (χ2n) is 7.11. The lowest BCUT2D eigenvalue weighted by atomic mass is 10.0. The molecule has 0 saturated heterocycles. The van der Waals surface area contributed by atoms with Crippen LogP contribution < -0.4 is 19.5 Å². The van der Waals surface area contributed by atoms with Crippen molar-refractivity contribution in [2.75, 3.05) is 14.2 Å². The predicted molar refractivity (Wildman–Crippen MR) is 119 cm³/mol. The highest BCUT2D eigenvalue weighted by atomic mass is 16.5. The first-order valence-corrected chi connectivity index (χ1v) is 10.3. The van der Waals surface area contributed by atoms with Crippen molar-refractivity contribution in [1.82, 2.24) is 5.32 Å². The van der Waals surface area contributed by atoms with Crippen LogP contribution in [0.1, 0.15) is 38.3 Å². The minimum absolute atomic E-state index is 0.132. The maximum atomic E-state index is 13.0. The number of benzene rings is 3. The lowest BCUT2D eigenvalue weighted by Crippen LogP contribution is -2.39. The minimum atomic E-state index is -0.569. The molecule has 30 heavy (non-hydrogen) atoms. The molecule has 0 fully saturated rings. The topological polar surface area (TPSA) is 56.8 Å². The van der Waals surface area contributed by atoms with Crippen LogP contribution in [0.5, 0.6) is 17.2 Å². The van der Waals surface area contributed by atoms with Gasteiger partial charge < -0.3 is 19.5 Å². The molecule has 2 atom stereocenters. The summed E-state index contributed by atoms with van der Waals surface area (Å²) in [5.41, 5.74) is 0.962. The summed E-state index contributed by atoms with van der Waals surface area (Å²) in [5.74, 6) is 1.86. The molecule has 3 rings (SSSR count). The Morgan fingerprint density at radius 3 is 2.27 bits per heavy atom. The van der Waals surface area contributed by atoms with E-state index in [0.717, 1.165) is 22.8 Å². The second-order valence-corrected chi connectivity index (χ2v) is 7.11. The zero-order valence-corrected chi connectivity index (χ0v) is 18.0.